The molecule has 2 aromatic carbocycles. The topological polar surface area (TPSA) is 44.0 Å². The summed E-state index contributed by atoms with van der Waals surface area (Å²) in [5.74, 6) is 0.787. The van der Waals surface area contributed by atoms with Crippen molar-refractivity contribution in [2.75, 3.05) is 18.4 Å². The third-order valence-corrected chi connectivity index (χ3v) is 4.46. The highest BCUT2D eigenvalue weighted by molar-refractivity contribution is 5.78. The van der Waals surface area contributed by atoms with Crippen LogP contribution >= 0.6 is 0 Å². The number of nitrogens with one attached hydrogen (secondary N) is 2. The Morgan fingerprint density at radius 1 is 0.957 bits per heavy atom. The molecular weight excluding hydrogens is 284 g/mol. The van der Waals surface area contributed by atoms with Crippen LogP contribution in [0.4, 0.5) is 11.6 Å². The highest BCUT2D eigenvalue weighted by Crippen LogP contribution is 2.19. The highest BCUT2D eigenvalue weighted by Gasteiger charge is 2.10. The molecule has 2 heterocycles. The molecule has 3 aromatic rings. The largest absolute Gasteiger partial charge is 0.326 e. The molecule has 1 aliphatic heterocycles. The van der Waals surface area contributed by atoms with Crippen LogP contribution in [0.25, 0.3) is 11.0 Å². The van der Waals surface area contributed by atoms with Gasteiger partial charge in [-0.3, -0.25) is 4.90 Å². The maximum Gasteiger partial charge on any atom is 0.205 e. The number of hydrogen-bond acceptors (Lipinski definition) is 3. The molecule has 1 saturated heterocycles. The SMILES string of the molecule is c1ccc2[nH]c(Nc3ccc(CN4CCCCC4)cc3)nc2c1. The fourth-order valence-corrected chi connectivity index (χ4v) is 3.22. The molecule has 0 aliphatic carbocycles. The lowest BCUT2D eigenvalue weighted by atomic mass is 10.1. The van der Waals surface area contributed by atoms with Crippen molar-refractivity contribution in [3.8, 4) is 0 Å². The van der Waals surface area contributed by atoms with E-state index in [0.717, 1.165) is 29.2 Å². The molecule has 0 radical (unpaired) electrons. The zero-order chi connectivity index (χ0) is 15.5. The standard InChI is InChI=1S/C19H22N4/c1-4-12-23(13-5-1)14-15-8-10-16(11-9-15)20-19-21-17-6-2-3-7-18(17)22-19/h2-3,6-11H,1,4-5,12-14H2,(H2,20,21,22). The van der Waals surface area contributed by atoms with Crippen LogP contribution in [0.5, 0.6) is 0 Å². The van der Waals surface area contributed by atoms with Crippen LogP contribution in [0.15, 0.2) is 48.5 Å². The Morgan fingerprint density at radius 2 is 1.74 bits per heavy atom. The third kappa shape index (κ3) is 3.37. The van der Waals surface area contributed by atoms with Crippen LogP contribution in [0.1, 0.15) is 24.8 Å². The van der Waals surface area contributed by atoms with E-state index in [9.17, 15) is 0 Å². The smallest absolute Gasteiger partial charge is 0.205 e. The van der Waals surface area contributed by atoms with Gasteiger partial charge < -0.3 is 10.3 Å². The second-order valence-electron chi connectivity index (χ2n) is 6.26. The molecule has 0 bridgehead atoms. The first-order valence-electron chi connectivity index (χ1n) is 8.40. The minimum atomic E-state index is 0.787. The van der Waals surface area contributed by atoms with Crippen LogP contribution in [-0.4, -0.2) is 28.0 Å². The van der Waals surface area contributed by atoms with Crippen LogP contribution < -0.4 is 5.32 Å². The van der Waals surface area contributed by atoms with Crippen molar-refractivity contribution in [3.05, 3.63) is 54.1 Å². The van der Waals surface area contributed by atoms with Crippen molar-refractivity contribution in [1.82, 2.24) is 14.9 Å². The summed E-state index contributed by atoms with van der Waals surface area (Å²) in [4.78, 5) is 10.4. The summed E-state index contributed by atoms with van der Waals surface area (Å²) in [6, 6.07) is 16.7. The van der Waals surface area contributed by atoms with E-state index in [4.69, 9.17) is 0 Å². The third-order valence-electron chi connectivity index (χ3n) is 4.46. The van der Waals surface area contributed by atoms with Gasteiger partial charge in [0.05, 0.1) is 11.0 Å². The van der Waals surface area contributed by atoms with Gasteiger partial charge in [-0.2, -0.15) is 0 Å². The first kappa shape index (κ1) is 14.3. The quantitative estimate of drug-likeness (QED) is 0.755. The summed E-state index contributed by atoms with van der Waals surface area (Å²) in [6.45, 7) is 3.53. The van der Waals surface area contributed by atoms with Gasteiger partial charge in [-0.1, -0.05) is 30.7 Å². The average molecular weight is 306 g/mol. The lowest BCUT2D eigenvalue weighted by molar-refractivity contribution is 0.221. The summed E-state index contributed by atoms with van der Waals surface area (Å²) >= 11 is 0. The monoisotopic (exact) mass is 306 g/mol. The first-order valence-corrected chi connectivity index (χ1v) is 8.40. The van der Waals surface area contributed by atoms with Crippen molar-refractivity contribution in [3.63, 3.8) is 0 Å². The number of H-pyrrole nitrogens is 1. The van der Waals surface area contributed by atoms with E-state index in [1.807, 2.05) is 24.3 Å². The molecule has 0 amide bonds. The molecule has 1 aromatic heterocycles. The molecule has 0 saturated carbocycles. The van der Waals surface area contributed by atoms with Gasteiger partial charge in [0.2, 0.25) is 5.95 Å². The Bertz CT molecular complexity index is 736. The Labute approximate surface area is 136 Å². The van der Waals surface area contributed by atoms with E-state index in [1.165, 1.54) is 37.9 Å². The molecule has 1 fully saturated rings. The number of likely N-dealkylation sites (tertiary alicyclic amines) is 1. The number of nitrogens with zero attached hydrogens (tertiary/aromatic N) is 2. The predicted molar refractivity (Wildman–Crippen MR) is 94.9 cm³/mol. The van der Waals surface area contributed by atoms with E-state index in [-0.39, 0.29) is 0 Å². The molecule has 0 spiro atoms. The molecule has 1 aliphatic rings. The number of benzene rings is 2. The summed E-state index contributed by atoms with van der Waals surface area (Å²) in [7, 11) is 0. The summed E-state index contributed by atoms with van der Waals surface area (Å²) < 4.78 is 0. The summed E-state index contributed by atoms with van der Waals surface area (Å²) in [5.41, 5.74) is 4.47. The number of hydrogen-bond donors (Lipinski definition) is 2. The van der Waals surface area contributed by atoms with Crippen molar-refractivity contribution in [2.24, 2.45) is 0 Å². The van der Waals surface area contributed by atoms with Crippen LogP contribution in [0.3, 0.4) is 0 Å². The Kier molecular flexibility index (Phi) is 3.99. The molecule has 0 atom stereocenters. The van der Waals surface area contributed by atoms with Crippen molar-refractivity contribution >= 4 is 22.7 Å². The second kappa shape index (κ2) is 6.42. The lowest BCUT2D eigenvalue weighted by Gasteiger charge is -2.26. The number of aromatic amines is 1. The van der Waals surface area contributed by atoms with Gasteiger partial charge in [0.1, 0.15) is 0 Å². The number of imidazole rings is 1. The Morgan fingerprint density at radius 3 is 2.52 bits per heavy atom. The number of aromatic nitrogens is 2. The van der Waals surface area contributed by atoms with Crippen molar-refractivity contribution in [2.45, 2.75) is 25.8 Å². The van der Waals surface area contributed by atoms with Crippen LogP contribution in [0, 0.1) is 0 Å². The van der Waals surface area contributed by atoms with Gasteiger partial charge in [-0.05, 0) is 55.8 Å². The van der Waals surface area contributed by atoms with E-state index in [0.29, 0.717) is 0 Å². The molecule has 0 unspecified atom stereocenters. The molecule has 4 heteroatoms. The van der Waals surface area contributed by atoms with Gasteiger partial charge in [-0.15, -0.1) is 0 Å². The van der Waals surface area contributed by atoms with Crippen molar-refractivity contribution < 1.29 is 0 Å². The fraction of sp³-hybridized carbons (Fsp3) is 0.316. The molecule has 4 nitrogen and oxygen atoms in total. The van der Waals surface area contributed by atoms with Crippen LogP contribution in [0.2, 0.25) is 0 Å². The Hall–Kier alpha value is -2.33. The number of piperidine rings is 1. The predicted octanol–water partition coefficient (Wildman–Crippen LogP) is 4.29. The molecule has 118 valence electrons. The van der Waals surface area contributed by atoms with E-state index in [1.54, 1.807) is 0 Å². The zero-order valence-corrected chi connectivity index (χ0v) is 13.3. The minimum Gasteiger partial charge on any atom is -0.326 e. The highest BCUT2D eigenvalue weighted by atomic mass is 15.1. The zero-order valence-electron chi connectivity index (χ0n) is 13.3. The number of rotatable bonds is 4. The van der Waals surface area contributed by atoms with E-state index in [2.05, 4.69) is 44.5 Å². The number of fused-ring (bicyclic) bond motifs is 1. The van der Waals surface area contributed by atoms with Gasteiger partial charge in [0.15, 0.2) is 0 Å². The van der Waals surface area contributed by atoms with Gasteiger partial charge in [0.25, 0.3) is 0 Å². The maximum absolute atomic E-state index is 4.55. The molecular formula is C19H22N4. The van der Waals surface area contributed by atoms with E-state index < -0.39 is 0 Å². The van der Waals surface area contributed by atoms with Gasteiger partial charge >= 0.3 is 0 Å². The Balaban J connectivity index is 1.43. The number of para-hydroxylation sites is 2. The van der Waals surface area contributed by atoms with Gasteiger partial charge in [-0.25, -0.2) is 4.98 Å². The van der Waals surface area contributed by atoms with Gasteiger partial charge in [0, 0.05) is 12.2 Å². The van der Waals surface area contributed by atoms with E-state index >= 15 is 0 Å². The fourth-order valence-electron chi connectivity index (χ4n) is 3.22. The van der Waals surface area contributed by atoms with Crippen LogP contribution in [-0.2, 0) is 6.54 Å². The molecule has 23 heavy (non-hydrogen) atoms. The number of anilines is 2. The first-order chi connectivity index (χ1) is 11.4. The maximum atomic E-state index is 4.55. The lowest BCUT2D eigenvalue weighted by Crippen LogP contribution is -2.29. The average Bonchev–Trinajstić information content (AvgIpc) is 3.00. The minimum absolute atomic E-state index is 0.787. The summed E-state index contributed by atoms with van der Waals surface area (Å²) in [6.07, 6.45) is 4.06. The summed E-state index contributed by atoms with van der Waals surface area (Å²) in [5, 5.41) is 3.34. The molecule has 4 rings (SSSR count). The molecule has 2 N–H and O–H groups in total. The second-order valence-corrected chi connectivity index (χ2v) is 6.26. The normalized spacial score (nSPS) is 15.8. The van der Waals surface area contributed by atoms with Crippen molar-refractivity contribution in [1.29, 1.82) is 0 Å².